The van der Waals surface area contributed by atoms with Crippen LogP contribution in [-0.4, -0.2) is 113 Å². The van der Waals surface area contributed by atoms with Crippen LogP contribution in [0.1, 0.15) is 0 Å². The van der Waals surface area contributed by atoms with Crippen molar-refractivity contribution in [1.82, 2.24) is 20.4 Å². The van der Waals surface area contributed by atoms with Crippen LogP contribution in [0.25, 0.3) is 0 Å². The van der Waals surface area contributed by atoms with Gasteiger partial charge < -0.3 is 5.32 Å². The van der Waals surface area contributed by atoms with Crippen LogP contribution in [-0.2, 0) is 62.0 Å². The molecule has 1 aliphatic rings. The number of nitrogens with one attached hydrogen (secondary N) is 2. The van der Waals surface area contributed by atoms with Crippen LogP contribution in [0, 0.1) is 10.7 Å². The van der Waals surface area contributed by atoms with Crippen LogP contribution in [0.3, 0.4) is 0 Å². The molecule has 0 radical (unpaired) electrons. The van der Waals surface area contributed by atoms with E-state index in [4.69, 9.17) is 5.26 Å². The molecule has 1 atom stereocenters. The Kier molecular flexibility index (Phi) is 9.73. The molecule has 1 heterocycles. The van der Waals surface area contributed by atoms with E-state index in [-0.39, 0.29) is 9.80 Å². The van der Waals surface area contributed by atoms with Crippen LogP contribution in [0.5, 0.6) is 0 Å². The second-order valence-electron chi connectivity index (χ2n) is 6.59. The van der Waals surface area contributed by atoms with Gasteiger partial charge >= 0.3 is 22.2 Å². The van der Waals surface area contributed by atoms with Crippen molar-refractivity contribution in [2.75, 3.05) is 45.6 Å². The van der Waals surface area contributed by atoms with Gasteiger partial charge in [-0.15, -0.1) is 0 Å². The lowest BCUT2D eigenvalue weighted by molar-refractivity contribution is -0.143. The highest BCUT2D eigenvalue weighted by Gasteiger charge is 2.60. The molecule has 1 fully saturated rings. The van der Waals surface area contributed by atoms with Crippen LogP contribution >= 0.6 is 0 Å². The molecule has 0 aromatic carbocycles. The van der Waals surface area contributed by atoms with Gasteiger partial charge in [0, 0.05) is 0 Å². The summed E-state index contributed by atoms with van der Waals surface area (Å²) in [6, 6.07) is -3.10. The van der Waals surface area contributed by atoms with Crippen molar-refractivity contribution in [3.63, 3.8) is 0 Å². The molecule has 0 aromatic heterocycles. The fourth-order valence-electron chi connectivity index (χ4n) is 2.32. The molecule has 20 nitrogen and oxygen atoms in total. The Labute approximate surface area is 205 Å². The van der Waals surface area contributed by atoms with Gasteiger partial charge in [0.1, 0.15) is 26.8 Å². The minimum absolute atomic E-state index is 0.00934. The summed E-state index contributed by atoms with van der Waals surface area (Å²) in [7, 11) is -18.0. The van der Waals surface area contributed by atoms with Crippen molar-refractivity contribution < 1.29 is 64.8 Å². The average Bonchev–Trinajstić information content (AvgIpc) is 2.92. The van der Waals surface area contributed by atoms with Gasteiger partial charge in [-0.05, 0) is 0 Å². The fraction of sp³-hybridized carbons (Fsp3) is 0.667. The monoisotopic (exact) mass is 601 g/mol. The molecule has 0 aromatic rings. The van der Waals surface area contributed by atoms with Gasteiger partial charge in [0.15, 0.2) is 0 Å². The van der Waals surface area contributed by atoms with E-state index < -0.39 is 90.9 Å². The number of nitriles is 1. The lowest BCUT2D eigenvalue weighted by atomic mass is 10.1. The van der Waals surface area contributed by atoms with Crippen LogP contribution < -0.4 is 10.6 Å². The maximum absolute atomic E-state index is 12.9. The molecule has 24 heteroatoms. The third-order valence-corrected chi connectivity index (χ3v) is 6.05. The maximum Gasteiger partial charge on any atom is 0.364 e. The Morgan fingerprint density at radius 3 is 1.97 bits per heavy atom. The van der Waals surface area contributed by atoms with E-state index in [1.807, 2.05) is 0 Å². The van der Waals surface area contributed by atoms with E-state index in [1.54, 1.807) is 10.6 Å². The minimum Gasteiger partial charge on any atom is -0.313 e. The number of imide groups is 1. The van der Waals surface area contributed by atoms with E-state index in [0.717, 1.165) is 0 Å². The number of amides is 5. The molecule has 36 heavy (non-hydrogen) atoms. The van der Waals surface area contributed by atoms with Crippen molar-refractivity contribution >= 4 is 58.4 Å². The average molecular weight is 602 g/mol. The van der Waals surface area contributed by atoms with E-state index in [2.05, 4.69) is 16.7 Å². The third kappa shape index (κ3) is 9.09. The molecule has 206 valence electrons. The summed E-state index contributed by atoms with van der Waals surface area (Å²) in [4.78, 5) is 38.3. The maximum atomic E-state index is 12.9. The number of carbonyl (C=O) groups excluding carboxylic acids is 3. The van der Waals surface area contributed by atoms with Crippen molar-refractivity contribution in [2.24, 2.45) is 0 Å². The molecule has 0 bridgehead atoms. The zero-order valence-corrected chi connectivity index (χ0v) is 21.7. The van der Waals surface area contributed by atoms with Crippen molar-refractivity contribution in [1.29, 1.82) is 5.26 Å². The Morgan fingerprint density at radius 2 is 1.50 bits per heavy atom. The lowest BCUT2D eigenvalue weighted by Crippen LogP contribution is -2.69. The molecule has 1 aliphatic heterocycles. The van der Waals surface area contributed by atoms with E-state index in [9.17, 15) is 48.1 Å². The molecule has 1 saturated heterocycles. The zero-order chi connectivity index (χ0) is 28.2. The summed E-state index contributed by atoms with van der Waals surface area (Å²) >= 11 is 0. The summed E-state index contributed by atoms with van der Waals surface area (Å²) in [5.74, 6) is -1.56. The number of rotatable bonds is 13. The van der Waals surface area contributed by atoms with E-state index in [1.165, 1.54) is 0 Å². The first-order chi connectivity index (χ1) is 16.1. The molecule has 0 aliphatic carbocycles. The van der Waals surface area contributed by atoms with Crippen molar-refractivity contribution in [3.8, 4) is 5.40 Å². The molecule has 1 rings (SSSR count). The second kappa shape index (κ2) is 11.2. The molecular weight excluding hydrogens is 582 g/mol. The Bertz CT molecular complexity index is 1370. The van der Waals surface area contributed by atoms with Crippen molar-refractivity contribution in [2.45, 2.75) is 5.66 Å². The van der Waals surface area contributed by atoms with Crippen LogP contribution in [0.15, 0.2) is 0 Å². The normalized spacial score (nSPS) is 19.0. The predicted octanol–water partition coefficient (Wildman–Crippen LogP) is -4.13. The largest absolute Gasteiger partial charge is 0.364 e. The van der Waals surface area contributed by atoms with Gasteiger partial charge in [0.25, 0.3) is 36.3 Å². The van der Waals surface area contributed by atoms with Crippen molar-refractivity contribution in [3.05, 3.63) is 0 Å². The smallest absolute Gasteiger partial charge is 0.313 e. The van der Waals surface area contributed by atoms with Gasteiger partial charge in [-0.3, -0.25) is 24.1 Å². The topological polar surface area (TPSA) is 279 Å². The number of urea groups is 2. The summed E-state index contributed by atoms with van der Waals surface area (Å²) < 4.78 is 109. The van der Waals surface area contributed by atoms with Gasteiger partial charge in [0.05, 0.1) is 18.8 Å². The van der Waals surface area contributed by atoms with Crippen LogP contribution in [0.2, 0.25) is 0 Å². The quantitative estimate of drug-likeness (QED) is 0.0666. The first kappa shape index (κ1) is 31.4. The minimum atomic E-state index is -5.04. The molecule has 2 N–H and O–H groups in total. The molecule has 0 saturated carbocycles. The summed E-state index contributed by atoms with van der Waals surface area (Å²) in [5, 5.41) is 12.7. The first-order valence-corrected chi connectivity index (χ1v) is 15.5. The Hall–Kier alpha value is -2.66. The number of hydrogen-bond acceptors (Lipinski definition) is 16. The van der Waals surface area contributed by atoms with Gasteiger partial charge in [0.2, 0.25) is 11.1 Å². The highest BCUT2D eigenvalue weighted by atomic mass is 32.2. The summed E-state index contributed by atoms with van der Waals surface area (Å²) in [6.07, 6.45) is 1.62. The highest BCUT2D eigenvalue weighted by molar-refractivity contribution is 7.91. The van der Waals surface area contributed by atoms with Crippen LogP contribution in [0.4, 0.5) is 9.59 Å². The van der Waals surface area contributed by atoms with Gasteiger partial charge in [-0.1, -0.05) is 0 Å². The van der Waals surface area contributed by atoms with Gasteiger partial charge in [-0.25, -0.2) is 22.1 Å². The third-order valence-electron chi connectivity index (χ3n) is 3.78. The number of carbonyl (C=O) groups is 3. The molecule has 0 spiro atoms. The van der Waals surface area contributed by atoms with E-state index >= 15 is 0 Å². The Morgan fingerprint density at radius 1 is 0.972 bits per heavy atom. The number of hydrogen-bond donors (Lipinski definition) is 2. The lowest BCUT2D eigenvalue weighted by Gasteiger charge is -2.41. The number of thiocyanates is 1. The standard InChI is InChI=1S/C12H19N5O15S4/c1-33(21,22)29-4-12(9(18)15-11(20)17(12)7-31-35(3,25)26)16(8-32-36(27,28)5-13)10(19)14-6-30-34(2,23)24/h4,6-8H2,1-3H3,(H,14,19)(H,15,18,20). The molecular formula is C12H19N5O15S4. The molecule has 1 unspecified atom stereocenters. The fourth-order valence-corrected chi connectivity index (χ4v) is 3.57. The first-order valence-electron chi connectivity index (χ1n) is 8.65. The van der Waals surface area contributed by atoms with E-state index in [0.29, 0.717) is 24.2 Å². The summed E-state index contributed by atoms with van der Waals surface area (Å²) in [5.41, 5.74) is -3.04. The summed E-state index contributed by atoms with van der Waals surface area (Å²) in [6.45, 7) is -5.55. The zero-order valence-electron chi connectivity index (χ0n) is 18.4. The molecule has 5 amide bonds. The van der Waals surface area contributed by atoms with Gasteiger partial charge in [-0.2, -0.15) is 38.9 Å². The predicted molar refractivity (Wildman–Crippen MR) is 111 cm³/mol. The highest BCUT2D eigenvalue weighted by Crippen LogP contribution is 2.29. The second-order valence-corrected chi connectivity index (χ2v) is 12.8. The SMILES string of the molecule is CS(=O)(=O)OCNC(=O)N(COS(=O)(=O)C#N)C1(COS(C)(=O)=O)C(=O)NC(=O)N1COS(C)(=O)=O. The number of nitrogens with zero attached hydrogens (tertiary/aromatic N) is 3. The Balaban J connectivity index is 3.67.